The first-order chi connectivity index (χ1) is 12.2. The molecule has 3 rings (SSSR count). The summed E-state index contributed by atoms with van der Waals surface area (Å²) >= 11 is 0. The number of hydrogen-bond acceptors (Lipinski definition) is 4. The van der Waals surface area contributed by atoms with Crippen molar-refractivity contribution in [2.45, 2.75) is 45.3 Å². The Morgan fingerprint density at radius 2 is 2.00 bits per heavy atom. The van der Waals surface area contributed by atoms with E-state index in [1.165, 1.54) is 16.7 Å². The topological polar surface area (TPSA) is 91.1 Å². The molecule has 2 heterocycles. The van der Waals surface area contributed by atoms with Gasteiger partial charge in [0.1, 0.15) is 17.5 Å². The molecule has 1 fully saturated rings. The number of likely N-dealkylation sites (tertiary alicyclic amines) is 1. The first kappa shape index (κ1) is 18.0. The Morgan fingerprint density at radius 3 is 2.58 bits per heavy atom. The zero-order valence-electron chi connectivity index (χ0n) is 15.0. The number of halogens is 1. The molecule has 0 atom stereocenters. The van der Waals surface area contributed by atoms with Crippen molar-refractivity contribution in [3.05, 3.63) is 34.0 Å². The van der Waals surface area contributed by atoms with Crippen LogP contribution in [0.3, 0.4) is 0 Å². The second-order valence-corrected chi connectivity index (χ2v) is 7.46. The van der Waals surface area contributed by atoms with E-state index in [1.807, 2.05) is 20.8 Å². The number of ether oxygens (including phenoxy) is 1. The van der Waals surface area contributed by atoms with Crippen molar-refractivity contribution >= 4 is 17.1 Å². The van der Waals surface area contributed by atoms with Gasteiger partial charge in [0.05, 0.1) is 16.6 Å². The summed E-state index contributed by atoms with van der Waals surface area (Å²) in [4.78, 5) is 28.8. The number of carbonyl (C=O) groups excluding carboxylic acids is 1. The van der Waals surface area contributed by atoms with Crippen LogP contribution in [0.2, 0.25) is 0 Å². The van der Waals surface area contributed by atoms with Gasteiger partial charge >= 0.3 is 11.8 Å². The molecule has 7 nitrogen and oxygen atoms in total. The second-order valence-electron chi connectivity index (χ2n) is 7.46. The molecule has 1 aliphatic heterocycles. The summed E-state index contributed by atoms with van der Waals surface area (Å²) in [5, 5.41) is 8.93. The molecule has 1 aromatic heterocycles. The van der Waals surface area contributed by atoms with Crippen molar-refractivity contribution in [3.63, 3.8) is 0 Å². The monoisotopic (exact) mass is 360 g/mol. The highest BCUT2D eigenvalue weighted by molar-refractivity contribution is 5.77. The number of carbonyl (C=O) groups is 1. The van der Waals surface area contributed by atoms with Crippen LogP contribution in [0.4, 0.5) is 9.18 Å². The maximum absolute atomic E-state index is 14.0. The fourth-order valence-corrected chi connectivity index (χ4v) is 3.23. The minimum absolute atomic E-state index is 0.106. The number of nitrogens with one attached hydrogen (secondary N) is 1. The molecule has 0 saturated carbocycles. The maximum atomic E-state index is 14.0. The Labute approximate surface area is 150 Å². The molecular formula is C18H21FN4O3. The number of nitriles is 1. The van der Waals surface area contributed by atoms with Gasteiger partial charge in [-0.3, -0.25) is 4.57 Å². The minimum Gasteiger partial charge on any atom is -0.444 e. The normalized spacial score (nSPS) is 15.9. The van der Waals surface area contributed by atoms with Crippen LogP contribution < -0.4 is 5.69 Å². The van der Waals surface area contributed by atoms with E-state index in [1.54, 1.807) is 11.0 Å². The molecule has 1 amide bonds. The van der Waals surface area contributed by atoms with Gasteiger partial charge in [0, 0.05) is 25.2 Å². The molecule has 0 aliphatic carbocycles. The third-order valence-electron chi connectivity index (χ3n) is 4.41. The van der Waals surface area contributed by atoms with Gasteiger partial charge in [-0.2, -0.15) is 5.26 Å². The first-order valence-electron chi connectivity index (χ1n) is 8.51. The van der Waals surface area contributed by atoms with Gasteiger partial charge in [0.2, 0.25) is 0 Å². The third kappa shape index (κ3) is 3.43. The summed E-state index contributed by atoms with van der Waals surface area (Å²) in [5.41, 5.74) is -0.141. The van der Waals surface area contributed by atoms with E-state index < -0.39 is 11.4 Å². The molecule has 8 heteroatoms. The van der Waals surface area contributed by atoms with Crippen LogP contribution in [0.1, 0.15) is 45.2 Å². The molecular weight excluding hydrogens is 339 g/mol. The molecule has 138 valence electrons. The highest BCUT2D eigenvalue weighted by atomic mass is 19.1. The number of benzene rings is 1. The highest BCUT2D eigenvalue weighted by Crippen LogP contribution is 2.27. The molecule has 2 aromatic rings. The van der Waals surface area contributed by atoms with Gasteiger partial charge in [-0.1, -0.05) is 0 Å². The van der Waals surface area contributed by atoms with Crippen LogP contribution in [0.15, 0.2) is 16.9 Å². The summed E-state index contributed by atoms with van der Waals surface area (Å²) in [6.45, 7) is 6.35. The molecule has 0 radical (unpaired) electrons. The Hall–Kier alpha value is -2.82. The van der Waals surface area contributed by atoms with E-state index >= 15 is 0 Å². The van der Waals surface area contributed by atoms with E-state index in [0.717, 1.165) is 0 Å². The minimum atomic E-state index is -0.654. The number of imidazole rings is 1. The molecule has 1 aliphatic rings. The summed E-state index contributed by atoms with van der Waals surface area (Å²) in [7, 11) is 0. The van der Waals surface area contributed by atoms with Gasteiger partial charge in [-0.25, -0.2) is 14.0 Å². The summed E-state index contributed by atoms with van der Waals surface area (Å²) in [5.74, 6) is -0.654. The highest BCUT2D eigenvalue weighted by Gasteiger charge is 2.29. The number of hydrogen-bond donors (Lipinski definition) is 1. The van der Waals surface area contributed by atoms with E-state index in [9.17, 15) is 14.0 Å². The van der Waals surface area contributed by atoms with Crippen molar-refractivity contribution in [1.82, 2.24) is 14.5 Å². The smallest absolute Gasteiger partial charge is 0.410 e. The van der Waals surface area contributed by atoms with Gasteiger partial charge < -0.3 is 14.6 Å². The number of amides is 1. The van der Waals surface area contributed by atoms with Gasteiger partial charge in [0.25, 0.3) is 0 Å². The second kappa shape index (κ2) is 6.48. The summed E-state index contributed by atoms with van der Waals surface area (Å²) in [6, 6.07) is 4.18. The lowest BCUT2D eigenvalue weighted by Gasteiger charge is -2.33. The van der Waals surface area contributed by atoms with E-state index in [4.69, 9.17) is 10.00 Å². The van der Waals surface area contributed by atoms with E-state index in [0.29, 0.717) is 37.0 Å². The van der Waals surface area contributed by atoms with Crippen molar-refractivity contribution in [2.24, 2.45) is 0 Å². The Bertz CT molecular complexity index is 940. The average molecular weight is 360 g/mol. The number of piperidine rings is 1. The van der Waals surface area contributed by atoms with Crippen molar-refractivity contribution in [2.75, 3.05) is 13.1 Å². The first-order valence-corrected chi connectivity index (χ1v) is 8.51. The number of aromatic amines is 1. The zero-order chi connectivity index (χ0) is 19.1. The van der Waals surface area contributed by atoms with Gasteiger partial charge in [0.15, 0.2) is 0 Å². The summed E-state index contributed by atoms with van der Waals surface area (Å²) in [6.07, 6.45) is 0.758. The van der Waals surface area contributed by atoms with Gasteiger partial charge in [-0.05, 0) is 39.7 Å². The average Bonchev–Trinajstić information content (AvgIpc) is 2.87. The van der Waals surface area contributed by atoms with Crippen molar-refractivity contribution < 1.29 is 13.9 Å². The molecule has 0 unspecified atom stereocenters. The maximum Gasteiger partial charge on any atom is 0.410 e. The molecule has 1 N–H and O–H groups in total. The fourth-order valence-electron chi connectivity index (χ4n) is 3.23. The standard InChI is InChI=1S/C18H21FN4O3/c1-18(2,3)26-17(25)22-6-4-12(5-7-22)23-15-9-13(19)11(10-20)8-14(15)21-16(23)24/h8-9,12H,4-7H2,1-3H3,(H,21,24). The Balaban J connectivity index is 1.81. The lowest BCUT2D eigenvalue weighted by atomic mass is 10.0. The molecule has 0 bridgehead atoms. The quantitative estimate of drug-likeness (QED) is 0.846. The van der Waals surface area contributed by atoms with Crippen LogP contribution in [0, 0.1) is 17.1 Å². The molecule has 1 aromatic carbocycles. The largest absolute Gasteiger partial charge is 0.444 e. The number of nitrogens with zero attached hydrogens (tertiary/aromatic N) is 3. The fraction of sp³-hybridized carbons (Fsp3) is 0.500. The number of aromatic nitrogens is 2. The van der Waals surface area contributed by atoms with E-state index in [2.05, 4.69) is 4.98 Å². The van der Waals surface area contributed by atoms with Crippen LogP contribution in [0.25, 0.3) is 11.0 Å². The van der Waals surface area contributed by atoms with Crippen LogP contribution >= 0.6 is 0 Å². The SMILES string of the molecule is CC(C)(C)OC(=O)N1CCC(n2c(=O)[nH]c3cc(C#N)c(F)cc32)CC1. The Kier molecular flexibility index (Phi) is 4.48. The predicted octanol–water partition coefficient (Wildman–Crippen LogP) is 2.91. The third-order valence-corrected chi connectivity index (χ3v) is 4.41. The molecule has 1 saturated heterocycles. The summed E-state index contributed by atoms with van der Waals surface area (Å²) < 4.78 is 20.9. The van der Waals surface area contributed by atoms with Crippen LogP contribution in [-0.4, -0.2) is 39.2 Å². The Morgan fingerprint density at radius 1 is 1.35 bits per heavy atom. The van der Waals surface area contributed by atoms with Crippen LogP contribution in [0.5, 0.6) is 0 Å². The molecule has 0 spiro atoms. The molecule has 26 heavy (non-hydrogen) atoms. The number of fused-ring (bicyclic) bond motifs is 1. The lowest BCUT2D eigenvalue weighted by Crippen LogP contribution is -2.43. The van der Waals surface area contributed by atoms with Gasteiger partial charge in [-0.15, -0.1) is 0 Å². The van der Waals surface area contributed by atoms with Crippen molar-refractivity contribution in [3.8, 4) is 6.07 Å². The van der Waals surface area contributed by atoms with Crippen LogP contribution in [-0.2, 0) is 4.74 Å². The predicted molar refractivity (Wildman–Crippen MR) is 93.3 cm³/mol. The number of rotatable bonds is 1. The van der Waals surface area contributed by atoms with Crippen molar-refractivity contribution in [1.29, 1.82) is 5.26 Å². The zero-order valence-corrected chi connectivity index (χ0v) is 15.0. The van der Waals surface area contributed by atoms with E-state index in [-0.39, 0.29) is 23.4 Å². The number of H-pyrrole nitrogens is 1. The lowest BCUT2D eigenvalue weighted by molar-refractivity contribution is 0.0189.